The van der Waals surface area contributed by atoms with E-state index in [1.807, 2.05) is 0 Å². The summed E-state index contributed by atoms with van der Waals surface area (Å²) in [5.74, 6) is -1.43. The van der Waals surface area contributed by atoms with Gasteiger partial charge in [-0.25, -0.2) is 4.39 Å². The van der Waals surface area contributed by atoms with Crippen LogP contribution in [0, 0.1) is 12.7 Å². The molecule has 0 spiro atoms. The molecule has 16 heavy (non-hydrogen) atoms. The van der Waals surface area contributed by atoms with Crippen LogP contribution in [-0.2, 0) is 10.2 Å². The van der Waals surface area contributed by atoms with Gasteiger partial charge in [0.2, 0.25) is 0 Å². The fourth-order valence-corrected chi connectivity index (χ4v) is 2.31. The highest BCUT2D eigenvalue weighted by Gasteiger charge is 2.47. The number of carbonyl (C=O) groups is 1. The molecular formula is C12H12ClFO2. The van der Waals surface area contributed by atoms with Crippen LogP contribution in [0.1, 0.15) is 30.4 Å². The minimum Gasteiger partial charge on any atom is -0.481 e. The highest BCUT2D eigenvalue weighted by Crippen LogP contribution is 2.45. The zero-order valence-electron chi connectivity index (χ0n) is 8.89. The van der Waals surface area contributed by atoms with Crippen LogP contribution in [0.2, 0.25) is 5.02 Å². The first-order valence-corrected chi connectivity index (χ1v) is 5.55. The maximum Gasteiger partial charge on any atom is 0.314 e. The van der Waals surface area contributed by atoms with Gasteiger partial charge in [0.25, 0.3) is 0 Å². The van der Waals surface area contributed by atoms with Crippen molar-refractivity contribution >= 4 is 17.6 Å². The lowest BCUT2D eigenvalue weighted by atomic mass is 9.64. The molecule has 0 unspecified atom stereocenters. The van der Waals surface area contributed by atoms with Crippen LogP contribution in [-0.4, -0.2) is 11.1 Å². The number of benzene rings is 1. The van der Waals surface area contributed by atoms with E-state index in [4.69, 9.17) is 11.6 Å². The van der Waals surface area contributed by atoms with Crippen LogP contribution in [0.4, 0.5) is 4.39 Å². The lowest BCUT2D eigenvalue weighted by Crippen LogP contribution is -2.43. The third kappa shape index (κ3) is 1.50. The number of carboxylic acids is 1. The second-order valence-electron chi connectivity index (χ2n) is 4.32. The fraction of sp³-hybridized carbons (Fsp3) is 0.417. The van der Waals surface area contributed by atoms with Gasteiger partial charge in [0.1, 0.15) is 5.82 Å². The molecule has 0 aromatic heterocycles. The van der Waals surface area contributed by atoms with Gasteiger partial charge >= 0.3 is 5.97 Å². The van der Waals surface area contributed by atoms with Gasteiger partial charge < -0.3 is 5.11 Å². The normalized spacial score (nSPS) is 17.9. The summed E-state index contributed by atoms with van der Waals surface area (Å²) in [5.41, 5.74) is -0.203. The Morgan fingerprint density at radius 2 is 2.12 bits per heavy atom. The SMILES string of the molecule is Cc1cc(F)c(C2(C(=O)O)CCC2)cc1Cl. The van der Waals surface area contributed by atoms with Crippen LogP contribution in [0.3, 0.4) is 0 Å². The summed E-state index contributed by atoms with van der Waals surface area (Å²) in [6.45, 7) is 1.70. The molecule has 1 aromatic carbocycles. The molecule has 1 aliphatic carbocycles. The Balaban J connectivity index is 2.55. The van der Waals surface area contributed by atoms with Gasteiger partial charge in [-0.1, -0.05) is 18.0 Å². The maximum absolute atomic E-state index is 13.8. The van der Waals surface area contributed by atoms with Gasteiger partial charge in [-0.05, 0) is 37.5 Å². The largest absolute Gasteiger partial charge is 0.481 e. The molecular weight excluding hydrogens is 231 g/mol. The van der Waals surface area contributed by atoms with E-state index in [9.17, 15) is 14.3 Å². The molecule has 0 aliphatic heterocycles. The van der Waals surface area contributed by atoms with Crippen LogP contribution < -0.4 is 0 Å². The minimum absolute atomic E-state index is 0.224. The predicted octanol–water partition coefficient (Wildman–Crippen LogP) is 3.29. The predicted molar refractivity (Wildman–Crippen MR) is 59.3 cm³/mol. The maximum atomic E-state index is 13.8. The van der Waals surface area contributed by atoms with Crippen molar-refractivity contribution in [2.24, 2.45) is 0 Å². The first-order valence-electron chi connectivity index (χ1n) is 5.17. The molecule has 86 valence electrons. The number of aliphatic carboxylic acids is 1. The third-order valence-electron chi connectivity index (χ3n) is 3.38. The van der Waals surface area contributed by atoms with E-state index in [-0.39, 0.29) is 5.56 Å². The Morgan fingerprint density at radius 1 is 1.50 bits per heavy atom. The summed E-state index contributed by atoms with van der Waals surface area (Å²) in [6, 6.07) is 2.76. The average Bonchev–Trinajstić information content (AvgIpc) is 2.11. The molecule has 1 fully saturated rings. The van der Waals surface area contributed by atoms with Gasteiger partial charge in [0.05, 0.1) is 5.41 Å². The quantitative estimate of drug-likeness (QED) is 0.864. The molecule has 0 amide bonds. The third-order valence-corrected chi connectivity index (χ3v) is 3.79. The van der Waals surface area contributed by atoms with Gasteiger partial charge in [-0.15, -0.1) is 0 Å². The molecule has 1 N–H and O–H groups in total. The summed E-state index contributed by atoms with van der Waals surface area (Å²) in [5, 5.41) is 9.63. The van der Waals surface area contributed by atoms with Crippen molar-refractivity contribution in [3.8, 4) is 0 Å². The van der Waals surface area contributed by atoms with Crippen LogP contribution in [0.5, 0.6) is 0 Å². The smallest absolute Gasteiger partial charge is 0.314 e. The Kier molecular flexibility index (Phi) is 2.66. The van der Waals surface area contributed by atoms with Crippen molar-refractivity contribution in [3.63, 3.8) is 0 Å². The number of halogens is 2. The number of hydrogen-bond acceptors (Lipinski definition) is 1. The molecule has 1 aliphatic rings. The van der Waals surface area contributed by atoms with Crippen molar-refractivity contribution in [3.05, 3.63) is 34.1 Å². The zero-order valence-corrected chi connectivity index (χ0v) is 9.64. The number of aryl methyl sites for hydroxylation is 1. The van der Waals surface area contributed by atoms with E-state index in [0.717, 1.165) is 6.42 Å². The molecule has 0 radical (unpaired) electrons. The fourth-order valence-electron chi connectivity index (χ4n) is 2.14. The van der Waals surface area contributed by atoms with Crippen LogP contribution in [0.25, 0.3) is 0 Å². The molecule has 2 nitrogen and oxygen atoms in total. The number of rotatable bonds is 2. The van der Waals surface area contributed by atoms with Crippen molar-refractivity contribution < 1.29 is 14.3 Å². The van der Waals surface area contributed by atoms with Crippen molar-refractivity contribution in [1.29, 1.82) is 0 Å². The number of hydrogen-bond donors (Lipinski definition) is 1. The lowest BCUT2D eigenvalue weighted by Gasteiger charge is -2.38. The lowest BCUT2D eigenvalue weighted by molar-refractivity contribution is -0.147. The summed E-state index contributed by atoms with van der Waals surface area (Å²) >= 11 is 5.92. The Hall–Kier alpha value is -1.09. The van der Waals surface area contributed by atoms with Gasteiger partial charge in [-0.2, -0.15) is 0 Å². The molecule has 0 heterocycles. The van der Waals surface area contributed by atoms with E-state index < -0.39 is 17.2 Å². The van der Waals surface area contributed by atoms with Crippen LogP contribution in [0.15, 0.2) is 12.1 Å². The highest BCUT2D eigenvalue weighted by molar-refractivity contribution is 6.31. The Labute approximate surface area is 98.0 Å². The second kappa shape index (κ2) is 3.74. The molecule has 0 saturated heterocycles. The van der Waals surface area contributed by atoms with Gasteiger partial charge in [0, 0.05) is 10.6 Å². The molecule has 1 aromatic rings. The minimum atomic E-state index is -1.05. The average molecular weight is 243 g/mol. The first-order chi connectivity index (χ1) is 7.47. The topological polar surface area (TPSA) is 37.3 Å². The summed E-state index contributed by atoms with van der Waals surface area (Å²) in [6.07, 6.45) is 1.79. The Bertz CT molecular complexity index is 453. The number of carboxylic acid groups (broad SMARTS) is 1. The monoisotopic (exact) mass is 242 g/mol. The van der Waals surface area contributed by atoms with E-state index in [2.05, 4.69) is 0 Å². The van der Waals surface area contributed by atoms with Crippen molar-refractivity contribution in [2.45, 2.75) is 31.6 Å². The summed E-state index contributed by atoms with van der Waals surface area (Å²) in [7, 11) is 0. The Morgan fingerprint density at radius 3 is 2.56 bits per heavy atom. The second-order valence-corrected chi connectivity index (χ2v) is 4.73. The highest BCUT2D eigenvalue weighted by atomic mass is 35.5. The van der Waals surface area contributed by atoms with E-state index in [0.29, 0.717) is 23.4 Å². The molecule has 4 heteroatoms. The molecule has 2 rings (SSSR count). The molecule has 0 atom stereocenters. The van der Waals surface area contributed by atoms with Crippen LogP contribution >= 0.6 is 11.6 Å². The van der Waals surface area contributed by atoms with Crippen molar-refractivity contribution in [2.75, 3.05) is 0 Å². The van der Waals surface area contributed by atoms with E-state index in [1.54, 1.807) is 6.92 Å². The summed E-state index contributed by atoms with van der Waals surface area (Å²) < 4.78 is 13.8. The van der Waals surface area contributed by atoms with Crippen molar-refractivity contribution in [1.82, 2.24) is 0 Å². The first kappa shape index (κ1) is 11.4. The zero-order chi connectivity index (χ0) is 11.9. The van der Waals surface area contributed by atoms with Gasteiger partial charge in [-0.3, -0.25) is 4.79 Å². The molecule has 1 saturated carbocycles. The summed E-state index contributed by atoms with van der Waals surface area (Å²) in [4.78, 5) is 11.2. The van der Waals surface area contributed by atoms with E-state index >= 15 is 0 Å². The standard InChI is InChI=1S/C12H12ClFO2/c1-7-5-10(14)8(6-9(7)13)12(11(15)16)3-2-4-12/h5-6H,2-4H2,1H3,(H,15,16). The van der Waals surface area contributed by atoms with Gasteiger partial charge in [0.15, 0.2) is 0 Å². The molecule has 0 bridgehead atoms. The van der Waals surface area contributed by atoms with E-state index in [1.165, 1.54) is 12.1 Å².